The highest BCUT2D eigenvalue weighted by Crippen LogP contribution is 2.24. The molecule has 1 aromatic heterocycles. The summed E-state index contributed by atoms with van der Waals surface area (Å²) in [4.78, 5) is 14.7. The summed E-state index contributed by atoms with van der Waals surface area (Å²) in [5.74, 6) is -0.573. The molecule has 0 spiro atoms. The average molecular weight is 295 g/mol. The summed E-state index contributed by atoms with van der Waals surface area (Å²) in [6, 6.07) is 1.47. The van der Waals surface area contributed by atoms with Crippen molar-refractivity contribution in [2.45, 2.75) is 0 Å². The van der Waals surface area contributed by atoms with Crippen molar-refractivity contribution in [3.05, 3.63) is 20.8 Å². The van der Waals surface area contributed by atoms with E-state index in [1.807, 2.05) is 0 Å². The van der Waals surface area contributed by atoms with Crippen LogP contribution in [0.3, 0.4) is 0 Å². The maximum atomic E-state index is 10.8. The topological polar surface area (TPSA) is 82.0 Å². The number of pyridine rings is 1. The number of amides is 1. The largest absolute Gasteiger partial charge is 0.396 e. The molecule has 4 nitrogen and oxygen atoms in total. The second-order valence-electron chi connectivity index (χ2n) is 2.06. The number of nitrogen functional groups attached to an aromatic ring is 1. The van der Waals surface area contributed by atoms with Gasteiger partial charge in [-0.3, -0.25) is 4.79 Å². The number of halogens is 2. The zero-order valence-corrected chi connectivity index (χ0v) is 9.02. The molecule has 6 heteroatoms. The molecule has 1 amide bonds. The molecule has 12 heavy (non-hydrogen) atoms. The molecule has 1 heterocycles. The van der Waals surface area contributed by atoms with Crippen molar-refractivity contribution in [1.82, 2.24) is 4.98 Å². The van der Waals surface area contributed by atoms with Crippen molar-refractivity contribution in [2.24, 2.45) is 5.73 Å². The van der Waals surface area contributed by atoms with Gasteiger partial charge in [0, 0.05) is 0 Å². The number of carbonyl (C=O) groups is 1. The van der Waals surface area contributed by atoms with E-state index in [0.29, 0.717) is 9.21 Å². The predicted molar refractivity (Wildman–Crippen MR) is 52.6 cm³/mol. The summed E-state index contributed by atoms with van der Waals surface area (Å²) in [5.41, 5.74) is 11.1. The lowest BCUT2D eigenvalue weighted by atomic mass is 10.2. The number of rotatable bonds is 1. The smallest absolute Gasteiger partial charge is 0.250 e. The summed E-state index contributed by atoms with van der Waals surface area (Å²) in [6.07, 6.45) is 0. The van der Waals surface area contributed by atoms with Crippen molar-refractivity contribution >= 4 is 43.5 Å². The van der Waals surface area contributed by atoms with E-state index in [4.69, 9.17) is 11.5 Å². The number of carbonyl (C=O) groups excluding carboxylic acids is 1. The van der Waals surface area contributed by atoms with E-state index in [2.05, 4.69) is 36.8 Å². The molecule has 0 aliphatic carbocycles. The number of aromatic nitrogens is 1. The Morgan fingerprint density at radius 2 is 2.08 bits per heavy atom. The van der Waals surface area contributed by atoms with Crippen LogP contribution in [0.15, 0.2) is 15.3 Å². The Morgan fingerprint density at radius 1 is 1.50 bits per heavy atom. The molecule has 0 aliphatic heterocycles. The first kappa shape index (κ1) is 9.47. The second-order valence-corrected chi connectivity index (χ2v) is 3.62. The van der Waals surface area contributed by atoms with Crippen molar-refractivity contribution < 1.29 is 4.79 Å². The van der Waals surface area contributed by atoms with Gasteiger partial charge in [-0.2, -0.15) is 0 Å². The van der Waals surface area contributed by atoms with Gasteiger partial charge in [-0.05, 0) is 37.9 Å². The van der Waals surface area contributed by atoms with Gasteiger partial charge in [0.15, 0.2) is 0 Å². The van der Waals surface area contributed by atoms with E-state index in [9.17, 15) is 4.79 Å². The van der Waals surface area contributed by atoms with Gasteiger partial charge in [0.05, 0.1) is 11.3 Å². The molecule has 1 aromatic rings. The van der Waals surface area contributed by atoms with E-state index in [1.165, 1.54) is 6.07 Å². The Labute approximate surface area is 85.6 Å². The second kappa shape index (κ2) is 3.40. The molecule has 0 saturated carbocycles. The Kier molecular flexibility index (Phi) is 2.69. The Hall–Kier alpha value is -0.620. The lowest BCUT2D eigenvalue weighted by molar-refractivity contribution is 0.100. The summed E-state index contributed by atoms with van der Waals surface area (Å²) >= 11 is 6.20. The standard InChI is InChI=1S/C6H5Br2N3O/c7-3-1-2(6(10)12)4(9)5(8)11-3/h1H,9H2,(H2,10,12). The van der Waals surface area contributed by atoms with Crippen LogP contribution >= 0.6 is 31.9 Å². The fourth-order valence-corrected chi connectivity index (χ4v) is 1.75. The quantitative estimate of drug-likeness (QED) is 0.766. The Morgan fingerprint density at radius 3 is 2.58 bits per heavy atom. The average Bonchev–Trinajstić information content (AvgIpc) is 1.96. The number of hydrogen-bond donors (Lipinski definition) is 2. The molecule has 64 valence electrons. The minimum Gasteiger partial charge on any atom is -0.396 e. The first-order valence-corrected chi connectivity index (χ1v) is 4.52. The first-order chi connectivity index (χ1) is 5.52. The zero-order valence-electron chi connectivity index (χ0n) is 5.84. The molecular formula is C6H5Br2N3O. The van der Waals surface area contributed by atoms with Crippen LogP contribution in [0.1, 0.15) is 10.4 Å². The monoisotopic (exact) mass is 293 g/mol. The normalized spacial score (nSPS) is 9.83. The maximum Gasteiger partial charge on any atom is 0.250 e. The molecule has 4 N–H and O–H groups in total. The van der Waals surface area contributed by atoms with Gasteiger partial charge >= 0.3 is 0 Å². The van der Waals surface area contributed by atoms with E-state index in [0.717, 1.165) is 0 Å². The predicted octanol–water partition coefficient (Wildman–Crippen LogP) is 1.29. The van der Waals surface area contributed by atoms with Crippen molar-refractivity contribution in [3.63, 3.8) is 0 Å². The van der Waals surface area contributed by atoms with Crippen LogP contribution in [-0.4, -0.2) is 10.9 Å². The van der Waals surface area contributed by atoms with Crippen molar-refractivity contribution in [2.75, 3.05) is 5.73 Å². The maximum absolute atomic E-state index is 10.8. The number of anilines is 1. The van der Waals surface area contributed by atoms with Gasteiger partial charge in [-0.15, -0.1) is 0 Å². The molecule has 0 aromatic carbocycles. The van der Waals surface area contributed by atoms with E-state index >= 15 is 0 Å². The number of nitrogens with two attached hydrogens (primary N) is 2. The van der Waals surface area contributed by atoms with Crippen LogP contribution in [0.25, 0.3) is 0 Å². The lowest BCUT2D eigenvalue weighted by Crippen LogP contribution is -2.14. The van der Waals surface area contributed by atoms with Crippen LogP contribution in [0, 0.1) is 0 Å². The SMILES string of the molecule is NC(=O)c1cc(Br)nc(Br)c1N. The highest BCUT2D eigenvalue weighted by Gasteiger charge is 2.10. The summed E-state index contributed by atoms with van der Waals surface area (Å²) in [5, 5.41) is 0. The fourth-order valence-electron chi connectivity index (χ4n) is 0.698. The molecule has 0 fully saturated rings. The van der Waals surface area contributed by atoms with Gasteiger partial charge in [0.2, 0.25) is 0 Å². The zero-order chi connectivity index (χ0) is 9.30. The van der Waals surface area contributed by atoms with Gasteiger partial charge < -0.3 is 11.5 Å². The fraction of sp³-hybridized carbons (Fsp3) is 0. The highest BCUT2D eigenvalue weighted by atomic mass is 79.9. The summed E-state index contributed by atoms with van der Waals surface area (Å²) in [7, 11) is 0. The molecule has 0 saturated heterocycles. The van der Waals surface area contributed by atoms with Crippen LogP contribution < -0.4 is 11.5 Å². The van der Waals surface area contributed by atoms with Crippen LogP contribution in [0.5, 0.6) is 0 Å². The van der Waals surface area contributed by atoms with Crippen molar-refractivity contribution in [1.29, 1.82) is 0 Å². The van der Waals surface area contributed by atoms with E-state index < -0.39 is 5.91 Å². The van der Waals surface area contributed by atoms with Crippen LogP contribution in [-0.2, 0) is 0 Å². The Balaban J connectivity index is 3.37. The third-order valence-electron chi connectivity index (χ3n) is 1.25. The van der Waals surface area contributed by atoms with Crippen molar-refractivity contribution in [3.8, 4) is 0 Å². The van der Waals surface area contributed by atoms with Crippen LogP contribution in [0.4, 0.5) is 5.69 Å². The summed E-state index contributed by atoms with van der Waals surface area (Å²) in [6.45, 7) is 0. The van der Waals surface area contributed by atoms with E-state index in [1.54, 1.807) is 0 Å². The lowest BCUT2D eigenvalue weighted by Gasteiger charge is -2.03. The van der Waals surface area contributed by atoms with Gasteiger partial charge in [0.25, 0.3) is 5.91 Å². The van der Waals surface area contributed by atoms with Gasteiger partial charge in [0.1, 0.15) is 9.21 Å². The molecule has 0 unspecified atom stereocenters. The minimum absolute atomic E-state index is 0.253. The first-order valence-electron chi connectivity index (χ1n) is 2.93. The third kappa shape index (κ3) is 1.75. The molecule has 0 atom stereocenters. The molecule has 0 radical (unpaired) electrons. The molecular weight excluding hydrogens is 290 g/mol. The number of nitrogens with zero attached hydrogens (tertiary/aromatic N) is 1. The van der Waals surface area contributed by atoms with Gasteiger partial charge in [-0.1, -0.05) is 0 Å². The molecule has 1 rings (SSSR count). The number of hydrogen-bond acceptors (Lipinski definition) is 3. The third-order valence-corrected chi connectivity index (χ3v) is 2.26. The molecule has 0 aliphatic rings. The minimum atomic E-state index is -0.573. The number of primary amides is 1. The van der Waals surface area contributed by atoms with Crippen LogP contribution in [0.2, 0.25) is 0 Å². The summed E-state index contributed by atoms with van der Waals surface area (Å²) < 4.78 is 0.919. The van der Waals surface area contributed by atoms with Gasteiger partial charge in [-0.25, -0.2) is 4.98 Å². The highest BCUT2D eigenvalue weighted by molar-refractivity contribution is 9.11. The van der Waals surface area contributed by atoms with E-state index in [-0.39, 0.29) is 11.3 Å². The molecule has 0 bridgehead atoms. The Bertz CT molecular complexity index is 340.